The number of nitrogens with zero attached hydrogens (tertiary/aromatic N) is 3. The van der Waals surface area contributed by atoms with Crippen LogP contribution in [0.15, 0.2) is 36.9 Å². The predicted molar refractivity (Wildman–Crippen MR) is 73.4 cm³/mol. The number of rotatable bonds is 4. The van der Waals surface area contributed by atoms with Gasteiger partial charge in [-0.3, -0.25) is 0 Å². The number of aromatic nitrogens is 3. The van der Waals surface area contributed by atoms with Gasteiger partial charge < -0.3 is 10.1 Å². The molecule has 5 nitrogen and oxygen atoms in total. The summed E-state index contributed by atoms with van der Waals surface area (Å²) >= 11 is 0. The third-order valence-electron chi connectivity index (χ3n) is 3.40. The fourth-order valence-corrected chi connectivity index (χ4v) is 2.30. The van der Waals surface area contributed by atoms with Crippen molar-refractivity contribution >= 4 is 5.69 Å². The van der Waals surface area contributed by atoms with E-state index in [4.69, 9.17) is 4.74 Å². The van der Waals surface area contributed by atoms with E-state index in [2.05, 4.69) is 27.5 Å². The Morgan fingerprint density at radius 3 is 2.89 bits per heavy atom. The Morgan fingerprint density at radius 2 is 2.21 bits per heavy atom. The van der Waals surface area contributed by atoms with Crippen LogP contribution in [-0.2, 0) is 4.74 Å². The molecule has 0 amide bonds. The molecule has 2 heterocycles. The van der Waals surface area contributed by atoms with Gasteiger partial charge in [0.25, 0.3) is 0 Å². The number of ether oxygens (including phenoxy) is 1. The molecule has 1 saturated heterocycles. The Morgan fingerprint density at radius 1 is 1.32 bits per heavy atom. The first kappa shape index (κ1) is 12.2. The summed E-state index contributed by atoms with van der Waals surface area (Å²) in [5.41, 5.74) is 2.15. The zero-order chi connectivity index (χ0) is 12.9. The van der Waals surface area contributed by atoms with Crippen LogP contribution in [0.25, 0.3) is 5.69 Å². The van der Waals surface area contributed by atoms with Crippen molar-refractivity contribution in [3.63, 3.8) is 0 Å². The lowest BCUT2D eigenvalue weighted by atomic mass is 10.0. The Kier molecular flexibility index (Phi) is 3.74. The van der Waals surface area contributed by atoms with Crippen LogP contribution >= 0.6 is 0 Å². The third kappa shape index (κ3) is 3.12. The largest absolute Gasteiger partial charge is 0.385 e. The Bertz CT molecular complexity index is 489. The molecule has 0 aliphatic carbocycles. The zero-order valence-corrected chi connectivity index (χ0v) is 10.8. The summed E-state index contributed by atoms with van der Waals surface area (Å²) < 4.78 is 7.23. The SMILES string of the molecule is c1ncn(-c2ccc(NCC3CCCOC3)cc2)n1. The van der Waals surface area contributed by atoms with Gasteiger partial charge in [-0.15, -0.1) is 0 Å². The molecule has 1 unspecified atom stereocenters. The second-order valence-electron chi connectivity index (χ2n) is 4.85. The average Bonchev–Trinajstić information content (AvgIpc) is 3.01. The fourth-order valence-electron chi connectivity index (χ4n) is 2.30. The van der Waals surface area contributed by atoms with Crippen LogP contribution in [0, 0.1) is 5.92 Å². The molecule has 1 aromatic carbocycles. The molecule has 1 atom stereocenters. The van der Waals surface area contributed by atoms with Crippen molar-refractivity contribution in [2.45, 2.75) is 12.8 Å². The molecular formula is C14H18N4O. The van der Waals surface area contributed by atoms with Crippen LogP contribution in [0.5, 0.6) is 0 Å². The molecular weight excluding hydrogens is 240 g/mol. The Hall–Kier alpha value is -1.88. The highest BCUT2D eigenvalue weighted by Gasteiger charge is 2.13. The van der Waals surface area contributed by atoms with Gasteiger partial charge in [0.15, 0.2) is 0 Å². The minimum absolute atomic E-state index is 0.628. The van der Waals surface area contributed by atoms with Crippen molar-refractivity contribution in [2.24, 2.45) is 5.92 Å². The minimum Gasteiger partial charge on any atom is -0.385 e. The lowest BCUT2D eigenvalue weighted by Gasteiger charge is -2.22. The zero-order valence-electron chi connectivity index (χ0n) is 10.8. The lowest BCUT2D eigenvalue weighted by molar-refractivity contribution is 0.0595. The standard InChI is InChI=1S/C14H18N4O/c1-2-12(9-19-7-1)8-16-13-3-5-14(6-4-13)18-11-15-10-17-18/h3-6,10-12,16H,1-2,7-9H2. The van der Waals surface area contributed by atoms with Crippen LogP contribution < -0.4 is 5.32 Å². The van der Waals surface area contributed by atoms with E-state index in [-0.39, 0.29) is 0 Å². The van der Waals surface area contributed by atoms with Crippen molar-refractivity contribution < 1.29 is 4.74 Å². The van der Waals surface area contributed by atoms with Crippen molar-refractivity contribution in [3.05, 3.63) is 36.9 Å². The number of benzene rings is 1. The lowest BCUT2D eigenvalue weighted by Crippen LogP contribution is -2.24. The maximum absolute atomic E-state index is 5.48. The number of anilines is 1. The Balaban J connectivity index is 1.57. The molecule has 0 saturated carbocycles. The van der Waals surface area contributed by atoms with Crippen LogP contribution in [0.3, 0.4) is 0 Å². The van der Waals surface area contributed by atoms with Crippen LogP contribution in [0.2, 0.25) is 0 Å². The van der Waals surface area contributed by atoms with Crippen molar-refractivity contribution in [2.75, 3.05) is 25.1 Å². The molecule has 100 valence electrons. The van der Waals surface area contributed by atoms with Crippen LogP contribution in [0.4, 0.5) is 5.69 Å². The molecule has 1 aliphatic heterocycles. The predicted octanol–water partition coefficient (Wildman–Crippen LogP) is 2.11. The second-order valence-corrected chi connectivity index (χ2v) is 4.85. The first-order valence-corrected chi connectivity index (χ1v) is 6.68. The topological polar surface area (TPSA) is 52.0 Å². The van der Waals surface area contributed by atoms with Crippen LogP contribution in [0.1, 0.15) is 12.8 Å². The van der Waals surface area contributed by atoms with Crippen LogP contribution in [-0.4, -0.2) is 34.5 Å². The minimum atomic E-state index is 0.628. The molecule has 1 fully saturated rings. The van der Waals surface area contributed by atoms with Gasteiger partial charge >= 0.3 is 0 Å². The number of nitrogens with one attached hydrogen (secondary N) is 1. The third-order valence-corrected chi connectivity index (χ3v) is 3.40. The molecule has 1 aromatic heterocycles. The number of hydrogen-bond donors (Lipinski definition) is 1. The molecule has 0 bridgehead atoms. The van der Waals surface area contributed by atoms with Crippen molar-refractivity contribution in [1.29, 1.82) is 0 Å². The second kappa shape index (κ2) is 5.84. The van der Waals surface area contributed by atoms with Gasteiger partial charge in [-0.2, -0.15) is 5.10 Å². The first-order valence-electron chi connectivity index (χ1n) is 6.68. The summed E-state index contributed by atoms with van der Waals surface area (Å²) in [5, 5.41) is 7.57. The monoisotopic (exact) mass is 258 g/mol. The maximum atomic E-state index is 5.48. The summed E-state index contributed by atoms with van der Waals surface area (Å²) in [7, 11) is 0. The summed E-state index contributed by atoms with van der Waals surface area (Å²) in [6.45, 7) is 2.77. The van der Waals surface area contributed by atoms with E-state index in [0.717, 1.165) is 31.1 Å². The van der Waals surface area contributed by atoms with Gasteiger partial charge in [0.2, 0.25) is 0 Å². The van der Waals surface area contributed by atoms with E-state index in [9.17, 15) is 0 Å². The highest BCUT2D eigenvalue weighted by molar-refractivity contribution is 5.48. The van der Waals surface area contributed by atoms with E-state index in [1.807, 2.05) is 12.1 Å². The average molecular weight is 258 g/mol. The van der Waals surface area contributed by atoms with E-state index >= 15 is 0 Å². The Labute approximate surface area is 112 Å². The number of hydrogen-bond acceptors (Lipinski definition) is 4. The molecule has 0 spiro atoms. The maximum Gasteiger partial charge on any atom is 0.138 e. The molecule has 5 heteroatoms. The van der Waals surface area contributed by atoms with Crippen molar-refractivity contribution in [1.82, 2.24) is 14.8 Å². The molecule has 0 radical (unpaired) electrons. The van der Waals surface area contributed by atoms with Gasteiger partial charge in [0, 0.05) is 18.8 Å². The highest BCUT2D eigenvalue weighted by atomic mass is 16.5. The van der Waals surface area contributed by atoms with E-state index in [1.54, 1.807) is 11.0 Å². The molecule has 1 N–H and O–H groups in total. The van der Waals surface area contributed by atoms with Gasteiger partial charge in [-0.1, -0.05) is 0 Å². The van der Waals surface area contributed by atoms with E-state index in [0.29, 0.717) is 5.92 Å². The van der Waals surface area contributed by atoms with Gasteiger partial charge in [0.1, 0.15) is 12.7 Å². The summed E-state index contributed by atoms with van der Waals surface area (Å²) in [6.07, 6.45) is 5.67. The first-order chi connectivity index (χ1) is 9.42. The normalized spacial score (nSPS) is 19.3. The quantitative estimate of drug-likeness (QED) is 0.912. The van der Waals surface area contributed by atoms with E-state index in [1.165, 1.54) is 19.2 Å². The summed E-state index contributed by atoms with van der Waals surface area (Å²) in [6, 6.07) is 8.21. The van der Waals surface area contributed by atoms with Gasteiger partial charge in [-0.05, 0) is 43.0 Å². The van der Waals surface area contributed by atoms with E-state index < -0.39 is 0 Å². The molecule has 19 heavy (non-hydrogen) atoms. The molecule has 3 rings (SSSR count). The summed E-state index contributed by atoms with van der Waals surface area (Å²) in [4.78, 5) is 3.94. The fraction of sp³-hybridized carbons (Fsp3) is 0.429. The highest BCUT2D eigenvalue weighted by Crippen LogP contribution is 2.16. The van der Waals surface area contributed by atoms with Crippen molar-refractivity contribution in [3.8, 4) is 5.69 Å². The van der Waals surface area contributed by atoms with Gasteiger partial charge in [0.05, 0.1) is 12.3 Å². The van der Waals surface area contributed by atoms with Gasteiger partial charge in [-0.25, -0.2) is 9.67 Å². The molecule has 1 aliphatic rings. The summed E-state index contributed by atoms with van der Waals surface area (Å²) in [5.74, 6) is 0.628. The smallest absolute Gasteiger partial charge is 0.138 e. The molecule has 2 aromatic rings.